The van der Waals surface area contributed by atoms with Crippen molar-refractivity contribution in [1.82, 2.24) is 5.32 Å². The third-order valence-electron chi connectivity index (χ3n) is 3.60. The molecule has 1 aromatic carbocycles. The summed E-state index contributed by atoms with van der Waals surface area (Å²) >= 11 is 0. The third-order valence-corrected chi connectivity index (χ3v) is 3.60. The Morgan fingerprint density at radius 3 is 2.33 bits per heavy atom. The van der Waals surface area contributed by atoms with Crippen molar-refractivity contribution in [3.05, 3.63) is 34.4 Å². The van der Waals surface area contributed by atoms with Gasteiger partial charge in [-0.05, 0) is 37.5 Å². The second kappa shape index (κ2) is 5.09. The standard InChI is InChI=1S/C15H20N2O/c1-11-4-12(2)14(13(3)5-11)6-17-8-15(7-16)9-18-10-15/h4-5,17H,6,8-10H2,1-3H3. The maximum absolute atomic E-state index is 9.11. The first-order valence-electron chi connectivity index (χ1n) is 6.33. The molecule has 96 valence electrons. The van der Waals surface area contributed by atoms with Crippen molar-refractivity contribution in [2.45, 2.75) is 27.3 Å². The van der Waals surface area contributed by atoms with Gasteiger partial charge in [0.25, 0.3) is 0 Å². The van der Waals surface area contributed by atoms with Crippen molar-refractivity contribution in [2.24, 2.45) is 5.41 Å². The molecule has 0 atom stereocenters. The molecule has 1 heterocycles. The van der Waals surface area contributed by atoms with Crippen LogP contribution in [0.3, 0.4) is 0 Å². The monoisotopic (exact) mass is 244 g/mol. The van der Waals surface area contributed by atoms with Crippen LogP contribution in [0.15, 0.2) is 12.1 Å². The van der Waals surface area contributed by atoms with E-state index in [0.29, 0.717) is 19.8 Å². The summed E-state index contributed by atoms with van der Waals surface area (Å²) in [6.07, 6.45) is 0. The average Bonchev–Trinajstić information content (AvgIpc) is 2.25. The summed E-state index contributed by atoms with van der Waals surface area (Å²) < 4.78 is 5.13. The highest BCUT2D eigenvalue weighted by Crippen LogP contribution is 2.25. The molecule has 0 unspecified atom stereocenters. The van der Waals surface area contributed by atoms with E-state index >= 15 is 0 Å². The Bertz CT molecular complexity index is 461. The first kappa shape index (κ1) is 13.1. The molecule has 0 radical (unpaired) electrons. The van der Waals surface area contributed by atoms with Gasteiger partial charge < -0.3 is 10.1 Å². The van der Waals surface area contributed by atoms with Crippen LogP contribution in [0, 0.1) is 37.5 Å². The lowest BCUT2D eigenvalue weighted by molar-refractivity contribution is -0.0755. The van der Waals surface area contributed by atoms with Crippen LogP contribution in [0.2, 0.25) is 0 Å². The highest BCUT2D eigenvalue weighted by atomic mass is 16.5. The van der Waals surface area contributed by atoms with Crippen molar-refractivity contribution < 1.29 is 4.74 Å². The summed E-state index contributed by atoms with van der Waals surface area (Å²) in [4.78, 5) is 0. The molecule has 0 spiro atoms. The SMILES string of the molecule is Cc1cc(C)c(CNCC2(C#N)COC2)c(C)c1. The number of benzene rings is 1. The molecule has 1 saturated heterocycles. The average molecular weight is 244 g/mol. The summed E-state index contributed by atoms with van der Waals surface area (Å²) in [5.74, 6) is 0. The number of nitrogens with one attached hydrogen (secondary N) is 1. The van der Waals surface area contributed by atoms with E-state index in [1.165, 1.54) is 22.3 Å². The van der Waals surface area contributed by atoms with E-state index in [0.717, 1.165) is 6.54 Å². The predicted molar refractivity (Wildman–Crippen MR) is 71.2 cm³/mol. The minimum Gasteiger partial charge on any atom is -0.378 e. The molecule has 1 aromatic rings. The highest BCUT2D eigenvalue weighted by molar-refractivity contribution is 5.37. The molecular weight excluding hydrogens is 224 g/mol. The minimum absolute atomic E-state index is 0.299. The summed E-state index contributed by atoms with van der Waals surface area (Å²) in [5, 5.41) is 12.5. The summed E-state index contributed by atoms with van der Waals surface area (Å²) in [5.41, 5.74) is 4.97. The van der Waals surface area contributed by atoms with Gasteiger partial charge in [0.15, 0.2) is 0 Å². The molecule has 1 aliphatic heterocycles. The molecule has 0 aliphatic carbocycles. The molecule has 3 heteroatoms. The van der Waals surface area contributed by atoms with Gasteiger partial charge in [-0.15, -0.1) is 0 Å². The van der Waals surface area contributed by atoms with Gasteiger partial charge in [0.05, 0.1) is 19.3 Å². The predicted octanol–water partition coefficient (Wildman–Crippen LogP) is 2.24. The zero-order valence-corrected chi connectivity index (χ0v) is 11.3. The van der Waals surface area contributed by atoms with E-state index in [-0.39, 0.29) is 5.41 Å². The fraction of sp³-hybridized carbons (Fsp3) is 0.533. The lowest BCUT2D eigenvalue weighted by Gasteiger charge is -2.35. The first-order chi connectivity index (χ1) is 8.56. The molecule has 0 bridgehead atoms. The van der Waals surface area contributed by atoms with Crippen LogP contribution in [0.4, 0.5) is 0 Å². The van der Waals surface area contributed by atoms with Gasteiger partial charge in [0.2, 0.25) is 0 Å². The van der Waals surface area contributed by atoms with Gasteiger partial charge in [-0.1, -0.05) is 17.7 Å². The zero-order valence-electron chi connectivity index (χ0n) is 11.3. The topological polar surface area (TPSA) is 45.0 Å². The fourth-order valence-electron chi connectivity index (χ4n) is 2.47. The van der Waals surface area contributed by atoms with E-state index < -0.39 is 0 Å². The fourth-order valence-corrected chi connectivity index (χ4v) is 2.47. The molecule has 18 heavy (non-hydrogen) atoms. The zero-order chi connectivity index (χ0) is 13.2. The molecule has 3 nitrogen and oxygen atoms in total. The quantitative estimate of drug-likeness (QED) is 0.883. The van der Waals surface area contributed by atoms with E-state index in [1.807, 2.05) is 0 Å². The van der Waals surface area contributed by atoms with Crippen molar-refractivity contribution in [1.29, 1.82) is 5.26 Å². The summed E-state index contributed by atoms with van der Waals surface area (Å²) in [6.45, 7) is 9.04. The van der Waals surface area contributed by atoms with E-state index in [9.17, 15) is 0 Å². The van der Waals surface area contributed by atoms with Crippen molar-refractivity contribution >= 4 is 0 Å². The molecule has 2 rings (SSSR count). The largest absolute Gasteiger partial charge is 0.378 e. The Morgan fingerprint density at radius 2 is 1.89 bits per heavy atom. The smallest absolute Gasteiger partial charge is 0.116 e. The van der Waals surface area contributed by atoms with Crippen LogP contribution in [-0.2, 0) is 11.3 Å². The number of ether oxygens (including phenoxy) is 1. The van der Waals surface area contributed by atoms with Crippen molar-refractivity contribution in [3.8, 4) is 6.07 Å². The van der Waals surface area contributed by atoms with E-state index in [1.54, 1.807) is 0 Å². The molecule has 1 fully saturated rings. The van der Waals surface area contributed by atoms with Crippen LogP contribution in [0.5, 0.6) is 0 Å². The Hall–Kier alpha value is -1.37. The molecule has 1 N–H and O–H groups in total. The summed E-state index contributed by atoms with van der Waals surface area (Å²) in [7, 11) is 0. The Kier molecular flexibility index (Phi) is 3.70. The number of nitriles is 1. The molecule has 0 saturated carbocycles. The van der Waals surface area contributed by atoms with Crippen molar-refractivity contribution in [3.63, 3.8) is 0 Å². The van der Waals surface area contributed by atoms with Crippen LogP contribution >= 0.6 is 0 Å². The summed E-state index contributed by atoms with van der Waals surface area (Å²) in [6, 6.07) is 6.76. The maximum atomic E-state index is 9.11. The van der Waals surface area contributed by atoms with Gasteiger partial charge in [-0.2, -0.15) is 5.26 Å². The number of hydrogen-bond acceptors (Lipinski definition) is 3. The van der Waals surface area contributed by atoms with Crippen LogP contribution in [0.25, 0.3) is 0 Å². The van der Waals surface area contributed by atoms with Gasteiger partial charge in [0.1, 0.15) is 5.41 Å². The Labute approximate surface area is 109 Å². The normalized spacial score (nSPS) is 17.0. The van der Waals surface area contributed by atoms with Gasteiger partial charge >= 0.3 is 0 Å². The van der Waals surface area contributed by atoms with Gasteiger partial charge in [-0.25, -0.2) is 0 Å². The molecule has 0 aromatic heterocycles. The minimum atomic E-state index is -0.299. The second-order valence-electron chi connectivity index (χ2n) is 5.37. The van der Waals surface area contributed by atoms with Crippen molar-refractivity contribution in [2.75, 3.05) is 19.8 Å². The van der Waals surface area contributed by atoms with Crippen LogP contribution < -0.4 is 5.32 Å². The first-order valence-corrected chi connectivity index (χ1v) is 6.33. The van der Waals surface area contributed by atoms with Crippen LogP contribution in [0.1, 0.15) is 22.3 Å². The van der Waals surface area contributed by atoms with E-state index in [2.05, 4.69) is 44.3 Å². The van der Waals surface area contributed by atoms with Gasteiger partial charge in [-0.3, -0.25) is 0 Å². The van der Waals surface area contributed by atoms with Crippen LogP contribution in [-0.4, -0.2) is 19.8 Å². The molecule has 1 aliphatic rings. The lowest BCUT2D eigenvalue weighted by atomic mass is 9.88. The number of hydrogen-bond donors (Lipinski definition) is 1. The second-order valence-corrected chi connectivity index (χ2v) is 5.37. The maximum Gasteiger partial charge on any atom is 0.116 e. The highest BCUT2D eigenvalue weighted by Gasteiger charge is 2.38. The third kappa shape index (κ3) is 2.55. The number of nitrogens with zero attached hydrogens (tertiary/aromatic N) is 1. The lowest BCUT2D eigenvalue weighted by Crippen LogP contribution is -2.48. The van der Waals surface area contributed by atoms with E-state index in [4.69, 9.17) is 10.00 Å². The number of rotatable bonds is 4. The molecule has 0 amide bonds. The molecular formula is C15H20N2O. The number of aryl methyl sites for hydroxylation is 3. The Balaban J connectivity index is 1.97. The van der Waals surface area contributed by atoms with Gasteiger partial charge in [0, 0.05) is 13.1 Å². The Morgan fingerprint density at radius 1 is 1.28 bits per heavy atom.